The van der Waals surface area contributed by atoms with E-state index in [0.717, 1.165) is 24.0 Å². The first-order chi connectivity index (χ1) is 18.2. The van der Waals surface area contributed by atoms with Gasteiger partial charge in [-0.05, 0) is 73.2 Å². The standard InChI is InChI=1S/C29H32ClN3O5/c1-4-18-12-20-5-8-21(30)13-23(20)24-14-27(34)33(15-26(24)38-16-18)25(11-17(2)37-3)29(36)32-22-9-6-19(7-10-22)28(31)35/h5-10,13-15,17-18,25H,4,11-12,16H2,1-3H3,(H2,31,35)(H,32,36)/t17-,18?,25-/m0/s1. The Hall–Kier alpha value is -3.62. The number of methoxy groups -OCH3 is 1. The molecule has 3 N–H and O–H groups in total. The molecule has 8 nitrogen and oxygen atoms in total. The lowest BCUT2D eigenvalue weighted by molar-refractivity contribution is -0.120. The van der Waals surface area contributed by atoms with Gasteiger partial charge in [0.05, 0.1) is 18.9 Å². The van der Waals surface area contributed by atoms with Gasteiger partial charge in [-0.25, -0.2) is 0 Å². The zero-order chi connectivity index (χ0) is 27.4. The molecule has 200 valence electrons. The van der Waals surface area contributed by atoms with Crippen LogP contribution in [0.3, 0.4) is 0 Å². The Bertz CT molecular complexity index is 1390. The summed E-state index contributed by atoms with van der Waals surface area (Å²) in [7, 11) is 1.56. The van der Waals surface area contributed by atoms with E-state index in [1.807, 2.05) is 25.1 Å². The lowest BCUT2D eigenvalue weighted by Gasteiger charge is -2.27. The van der Waals surface area contributed by atoms with Crippen molar-refractivity contribution < 1.29 is 19.1 Å². The largest absolute Gasteiger partial charge is 0.491 e. The van der Waals surface area contributed by atoms with Gasteiger partial charge in [-0.15, -0.1) is 0 Å². The first kappa shape index (κ1) is 27.4. The number of benzene rings is 2. The maximum absolute atomic E-state index is 13.5. The number of aromatic nitrogens is 1. The van der Waals surface area contributed by atoms with Crippen molar-refractivity contribution in [2.45, 2.75) is 45.3 Å². The Morgan fingerprint density at radius 3 is 2.58 bits per heavy atom. The van der Waals surface area contributed by atoms with Gasteiger partial charge in [0.25, 0.3) is 5.56 Å². The van der Waals surface area contributed by atoms with Crippen LogP contribution in [0.5, 0.6) is 5.75 Å². The number of rotatable bonds is 8. The summed E-state index contributed by atoms with van der Waals surface area (Å²) in [5.74, 6) is -0.155. The van der Waals surface area contributed by atoms with Crippen molar-refractivity contribution in [2.24, 2.45) is 11.7 Å². The molecule has 0 saturated heterocycles. The molecule has 1 aromatic heterocycles. The van der Waals surface area contributed by atoms with Crippen molar-refractivity contribution in [3.63, 3.8) is 0 Å². The van der Waals surface area contributed by atoms with E-state index in [1.165, 1.54) is 22.8 Å². The zero-order valence-corrected chi connectivity index (χ0v) is 22.5. The number of nitrogens with zero attached hydrogens (tertiary/aromatic N) is 1. The summed E-state index contributed by atoms with van der Waals surface area (Å²) in [6, 6.07) is 12.6. The van der Waals surface area contributed by atoms with Gasteiger partial charge in [0.1, 0.15) is 11.8 Å². The third-order valence-electron chi connectivity index (χ3n) is 7.00. The van der Waals surface area contributed by atoms with Crippen molar-refractivity contribution in [1.82, 2.24) is 4.57 Å². The average Bonchev–Trinajstić information content (AvgIpc) is 2.90. The third-order valence-corrected chi connectivity index (χ3v) is 7.23. The van der Waals surface area contributed by atoms with Crippen molar-refractivity contribution >= 4 is 29.1 Å². The number of amides is 2. The number of fused-ring (bicyclic) bond motifs is 3. The second kappa shape index (κ2) is 11.8. The average molecular weight is 538 g/mol. The van der Waals surface area contributed by atoms with E-state index in [2.05, 4.69) is 12.2 Å². The highest BCUT2D eigenvalue weighted by Crippen LogP contribution is 2.37. The maximum atomic E-state index is 13.5. The van der Waals surface area contributed by atoms with Crippen LogP contribution in [0, 0.1) is 5.92 Å². The fourth-order valence-electron chi connectivity index (χ4n) is 4.62. The van der Waals surface area contributed by atoms with Gasteiger partial charge in [-0.2, -0.15) is 0 Å². The molecule has 2 amide bonds. The van der Waals surface area contributed by atoms with Gasteiger partial charge in [-0.1, -0.05) is 24.6 Å². The minimum Gasteiger partial charge on any atom is -0.491 e. The fraction of sp³-hybridized carbons (Fsp3) is 0.345. The van der Waals surface area contributed by atoms with Crippen LogP contribution in [0.15, 0.2) is 59.5 Å². The van der Waals surface area contributed by atoms with Gasteiger partial charge in [0.15, 0.2) is 0 Å². The summed E-state index contributed by atoms with van der Waals surface area (Å²) in [5.41, 5.74) is 8.37. The molecule has 2 heterocycles. The lowest BCUT2D eigenvalue weighted by Crippen LogP contribution is -2.35. The van der Waals surface area contributed by atoms with E-state index in [1.54, 1.807) is 25.4 Å². The molecule has 1 unspecified atom stereocenters. The van der Waals surface area contributed by atoms with Crippen LogP contribution in [0.25, 0.3) is 11.1 Å². The van der Waals surface area contributed by atoms with Gasteiger partial charge >= 0.3 is 0 Å². The highest BCUT2D eigenvalue weighted by molar-refractivity contribution is 6.30. The second-order valence-electron chi connectivity index (χ2n) is 9.62. The summed E-state index contributed by atoms with van der Waals surface area (Å²) in [6.45, 7) is 4.44. The number of ether oxygens (including phenoxy) is 2. The molecule has 0 saturated carbocycles. The number of primary amides is 1. The van der Waals surface area contributed by atoms with E-state index >= 15 is 0 Å². The molecule has 0 fully saturated rings. The zero-order valence-electron chi connectivity index (χ0n) is 21.7. The Balaban J connectivity index is 1.75. The van der Waals surface area contributed by atoms with Crippen molar-refractivity contribution in [2.75, 3.05) is 19.0 Å². The van der Waals surface area contributed by atoms with Crippen molar-refractivity contribution in [3.8, 4) is 16.9 Å². The first-order valence-electron chi connectivity index (χ1n) is 12.6. The minimum absolute atomic E-state index is 0.250. The second-order valence-corrected chi connectivity index (χ2v) is 10.1. The van der Waals surface area contributed by atoms with Gasteiger partial charge in [-0.3, -0.25) is 19.0 Å². The molecular formula is C29H32ClN3O5. The molecular weight excluding hydrogens is 506 g/mol. The van der Waals surface area contributed by atoms with Crippen LogP contribution in [0.2, 0.25) is 5.02 Å². The summed E-state index contributed by atoms with van der Waals surface area (Å²) in [6.07, 6.45) is 3.31. The quantitative estimate of drug-likeness (QED) is 0.427. The number of hydrogen-bond acceptors (Lipinski definition) is 5. The smallest absolute Gasteiger partial charge is 0.252 e. The van der Waals surface area contributed by atoms with Gasteiger partial charge in [0, 0.05) is 41.4 Å². The molecule has 1 aliphatic rings. The molecule has 0 bridgehead atoms. The SMILES string of the molecule is CCC1COc2cn([C@@H](C[C@H](C)OC)C(=O)Nc3ccc(C(N)=O)cc3)c(=O)cc2-c2cc(Cl)ccc2C1. The predicted molar refractivity (Wildman–Crippen MR) is 148 cm³/mol. The number of carbonyl (C=O) groups is 2. The van der Waals surface area contributed by atoms with E-state index in [0.29, 0.717) is 40.1 Å². The lowest BCUT2D eigenvalue weighted by atomic mass is 9.90. The topological polar surface area (TPSA) is 113 Å². The molecule has 3 aromatic rings. The number of carbonyl (C=O) groups excluding carboxylic acids is 2. The highest BCUT2D eigenvalue weighted by atomic mass is 35.5. The Morgan fingerprint density at radius 2 is 1.92 bits per heavy atom. The molecule has 4 rings (SSSR count). The van der Waals surface area contributed by atoms with Crippen LogP contribution in [-0.2, 0) is 16.0 Å². The van der Waals surface area contributed by atoms with E-state index < -0.39 is 17.9 Å². The first-order valence-corrected chi connectivity index (χ1v) is 13.0. The Kier molecular flexibility index (Phi) is 8.54. The predicted octanol–water partition coefficient (Wildman–Crippen LogP) is 4.83. The molecule has 38 heavy (non-hydrogen) atoms. The molecule has 0 radical (unpaired) electrons. The normalized spacial score (nSPS) is 16.2. The van der Waals surface area contributed by atoms with Crippen LogP contribution in [0.1, 0.15) is 48.7 Å². The Labute approximate surface area is 226 Å². The van der Waals surface area contributed by atoms with E-state index in [9.17, 15) is 14.4 Å². The molecule has 1 aliphatic heterocycles. The number of nitrogens with two attached hydrogens (primary N) is 1. The molecule has 3 atom stereocenters. The Morgan fingerprint density at radius 1 is 1.18 bits per heavy atom. The van der Waals surface area contributed by atoms with Crippen LogP contribution in [-0.4, -0.2) is 36.2 Å². The van der Waals surface area contributed by atoms with E-state index in [4.69, 9.17) is 26.8 Å². The molecule has 0 spiro atoms. The minimum atomic E-state index is -0.881. The highest BCUT2D eigenvalue weighted by Gasteiger charge is 2.27. The van der Waals surface area contributed by atoms with Crippen molar-refractivity contribution in [3.05, 3.63) is 81.2 Å². The maximum Gasteiger partial charge on any atom is 0.252 e. The summed E-state index contributed by atoms with van der Waals surface area (Å²) in [4.78, 5) is 38.4. The van der Waals surface area contributed by atoms with Gasteiger partial charge < -0.3 is 20.5 Å². The number of pyridine rings is 1. The molecule has 2 aromatic carbocycles. The number of hydrogen-bond donors (Lipinski definition) is 2. The van der Waals surface area contributed by atoms with E-state index in [-0.39, 0.29) is 18.1 Å². The van der Waals surface area contributed by atoms with Crippen molar-refractivity contribution in [1.29, 1.82) is 0 Å². The summed E-state index contributed by atoms with van der Waals surface area (Å²) < 4.78 is 13.1. The molecule has 9 heteroatoms. The molecule has 0 aliphatic carbocycles. The van der Waals surface area contributed by atoms with Gasteiger partial charge in [0.2, 0.25) is 11.8 Å². The van der Waals surface area contributed by atoms with Crippen LogP contribution >= 0.6 is 11.6 Å². The summed E-state index contributed by atoms with van der Waals surface area (Å²) >= 11 is 6.33. The number of nitrogens with one attached hydrogen (secondary N) is 1. The number of halogens is 1. The third kappa shape index (κ3) is 6.09. The monoisotopic (exact) mass is 537 g/mol. The fourth-order valence-corrected chi connectivity index (χ4v) is 4.79. The van der Waals surface area contributed by atoms with Crippen LogP contribution < -0.4 is 21.3 Å². The van der Waals surface area contributed by atoms with Crippen LogP contribution in [0.4, 0.5) is 5.69 Å². The summed E-state index contributed by atoms with van der Waals surface area (Å²) in [5, 5.41) is 3.41. The number of anilines is 1.